The molecule has 102 valence electrons. The number of aromatic amines is 1. The zero-order chi connectivity index (χ0) is 13.5. The van der Waals surface area contributed by atoms with E-state index in [4.69, 9.17) is 16.3 Å². The Morgan fingerprint density at radius 3 is 2.79 bits per heavy atom. The number of rotatable bonds is 2. The normalized spacial score (nSPS) is 19.7. The Bertz CT molecular complexity index is 585. The maximum absolute atomic E-state index is 5.99. The maximum Gasteiger partial charge on any atom is 0.244 e. The monoisotopic (exact) mass is 280 g/mol. The summed E-state index contributed by atoms with van der Waals surface area (Å²) in [6.45, 7) is 4.61. The molecule has 1 aliphatic carbocycles. The van der Waals surface area contributed by atoms with Gasteiger partial charge in [-0.25, -0.2) is 4.98 Å². The maximum atomic E-state index is 5.99. The number of hydrogen-bond donors (Lipinski definition) is 1. The minimum atomic E-state index is 0.172. The van der Waals surface area contributed by atoms with Crippen molar-refractivity contribution in [3.05, 3.63) is 11.6 Å². The molecule has 0 bridgehead atoms. The van der Waals surface area contributed by atoms with Crippen LogP contribution in [0.2, 0.25) is 5.28 Å². The third kappa shape index (κ3) is 2.66. The molecule has 0 amide bonds. The van der Waals surface area contributed by atoms with Crippen molar-refractivity contribution in [3.8, 4) is 5.88 Å². The van der Waals surface area contributed by atoms with Gasteiger partial charge in [0.15, 0.2) is 5.65 Å². The molecular formula is C13H17ClN4O. The van der Waals surface area contributed by atoms with Crippen molar-refractivity contribution in [2.45, 2.75) is 45.6 Å². The van der Waals surface area contributed by atoms with E-state index in [1.54, 1.807) is 6.33 Å². The van der Waals surface area contributed by atoms with Gasteiger partial charge >= 0.3 is 0 Å². The standard InChI is InChI=1S/C13H17ClN4O/c1-13(2)5-3-8(4-6-13)19-11-9-10(16-7-15-9)17-12(14)18-11/h7-8H,3-6H2,1-2H3,(H,15,16,17,18). The van der Waals surface area contributed by atoms with E-state index in [-0.39, 0.29) is 11.4 Å². The fourth-order valence-corrected chi connectivity index (χ4v) is 2.67. The fraction of sp³-hybridized carbons (Fsp3) is 0.615. The van der Waals surface area contributed by atoms with Crippen LogP contribution < -0.4 is 4.74 Å². The molecule has 2 aromatic rings. The summed E-state index contributed by atoms with van der Waals surface area (Å²) in [7, 11) is 0. The van der Waals surface area contributed by atoms with Gasteiger partial charge < -0.3 is 9.72 Å². The van der Waals surface area contributed by atoms with Gasteiger partial charge in [0, 0.05) is 0 Å². The lowest BCUT2D eigenvalue weighted by molar-refractivity contribution is 0.0961. The van der Waals surface area contributed by atoms with Crippen LogP contribution in [0.5, 0.6) is 5.88 Å². The van der Waals surface area contributed by atoms with Gasteiger partial charge in [-0.3, -0.25) is 0 Å². The molecule has 3 rings (SSSR count). The highest BCUT2D eigenvalue weighted by Crippen LogP contribution is 2.37. The van der Waals surface area contributed by atoms with Crippen molar-refractivity contribution in [2.75, 3.05) is 0 Å². The molecule has 0 aliphatic heterocycles. The van der Waals surface area contributed by atoms with E-state index < -0.39 is 0 Å². The first-order chi connectivity index (χ1) is 9.03. The van der Waals surface area contributed by atoms with Crippen LogP contribution in [0.1, 0.15) is 39.5 Å². The third-order valence-electron chi connectivity index (χ3n) is 3.79. The van der Waals surface area contributed by atoms with Gasteiger partial charge in [0.2, 0.25) is 11.2 Å². The SMILES string of the molecule is CC1(C)CCC(Oc2nc(Cl)nc3nc[nH]c23)CC1. The summed E-state index contributed by atoms with van der Waals surface area (Å²) >= 11 is 5.89. The highest BCUT2D eigenvalue weighted by Gasteiger charge is 2.28. The first-order valence-electron chi connectivity index (χ1n) is 6.57. The first-order valence-corrected chi connectivity index (χ1v) is 6.95. The minimum Gasteiger partial charge on any atom is -0.473 e. The van der Waals surface area contributed by atoms with Gasteiger partial charge in [-0.05, 0) is 42.7 Å². The van der Waals surface area contributed by atoms with Crippen LogP contribution >= 0.6 is 11.6 Å². The molecule has 0 saturated heterocycles. The molecule has 0 atom stereocenters. The molecule has 5 nitrogen and oxygen atoms in total. The number of halogens is 1. The minimum absolute atomic E-state index is 0.172. The van der Waals surface area contributed by atoms with Gasteiger partial charge in [0.1, 0.15) is 11.6 Å². The summed E-state index contributed by atoms with van der Waals surface area (Å²) in [4.78, 5) is 15.3. The highest BCUT2D eigenvalue weighted by atomic mass is 35.5. The van der Waals surface area contributed by atoms with Crippen LogP contribution in [0.4, 0.5) is 0 Å². The van der Waals surface area contributed by atoms with Crippen LogP contribution in [0.25, 0.3) is 11.2 Å². The molecule has 0 spiro atoms. The first kappa shape index (κ1) is 12.7. The molecule has 6 heteroatoms. The topological polar surface area (TPSA) is 63.7 Å². The van der Waals surface area contributed by atoms with Gasteiger partial charge in [0.25, 0.3) is 0 Å². The molecule has 0 aromatic carbocycles. The Balaban J connectivity index is 1.80. The molecule has 2 aromatic heterocycles. The predicted octanol–water partition coefficient (Wildman–Crippen LogP) is 3.35. The molecule has 2 heterocycles. The Morgan fingerprint density at radius 2 is 2.05 bits per heavy atom. The number of fused-ring (bicyclic) bond motifs is 1. The summed E-state index contributed by atoms with van der Waals surface area (Å²) in [6.07, 6.45) is 6.21. The summed E-state index contributed by atoms with van der Waals surface area (Å²) in [5.74, 6) is 0.511. The Labute approximate surface area is 116 Å². The van der Waals surface area contributed by atoms with Crippen molar-refractivity contribution in [3.63, 3.8) is 0 Å². The van der Waals surface area contributed by atoms with Crippen LogP contribution in [-0.4, -0.2) is 26.0 Å². The van der Waals surface area contributed by atoms with E-state index in [1.807, 2.05) is 0 Å². The fourth-order valence-electron chi connectivity index (χ4n) is 2.52. The van der Waals surface area contributed by atoms with Gasteiger partial charge in [-0.2, -0.15) is 9.97 Å². The van der Waals surface area contributed by atoms with Gasteiger partial charge in [-0.15, -0.1) is 0 Å². The van der Waals surface area contributed by atoms with E-state index in [0.29, 0.717) is 22.5 Å². The predicted molar refractivity (Wildman–Crippen MR) is 73.4 cm³/mol. The lowest BCUT2D eigenvalue weighted by Gasteiger charge is -2.34. The van der Waals surface area contributed by atoms with Gasteiger partial charge in [-0.1, -0.05) is 13.8 Å². The molecule has 0 unspecified atom stereocenters. The Morgan fingerprint density at radius 1 is 1.32 bits per heavy atom. The van der Waals surface area contributed by atoms with Gasteiger partial charge in [0.05, 0.1) is 6.33 Å². The lowest BCUT2D eigenvalue weighted by Crippen LogP contribution is -2.28. The van der Waals surface area contributed by atoms with Crippen LogP contribution in [0.15, 0.2) is 6.33 Å². The average molecular weight is 281 g/mol. The number of aromatic nitrogens is 4. The smallest absolute Gasteiger partial charge is 0.244 e. The summed E-state index contributed by atoms with van der Waals surface area (Å²) < 4.78 is 5.99. The number of H-pyrrole nitrogens is 1. The van der Waals surface area contributed by atoms with Crippen molar-refractivity contribution in [2.24, 2.45) is 5.41 Å². The van der Waals surface area contributed by atoms with Crippen LogP contribution in [0.3, 0.4) is 0 Å². The number of nitrogens with one attached hydrogen (secondary N) is 1. The van der Waals surface area contributed by atoms with E-state index in [2.05, 4.69) is 33.8 Å². The second kappa shape index (κ2) is 4.63. The molecular weight excluding hydrogens is 264 g/mol. The quantitative estimate of drug-likeness (QED) is 0.857. The molecule has 1 fully saturated rings. The largest absolute Gasteiger partial charge is 0.473 e. The number of imidazole rings is 1. The lowest BCUT2D eigenvalue weighted by atomic mass is 9.76. The zero-order valence-electron chi connectivity index (χ0n) is 11.1. The summed E-state index contributed by atoms with van der Waals surface area (Å²) in [5, 5.41) is 0.172. The second-order valence-electron chi connectivity index (χ2n) is 5.88. The zero-order valence-corrected chi connectivity index (χ0v) is 11.9. The Hall–Kier alpha value is -1.36. The van der Waals surface area contributed by atoms with Crippen molar-refractivity contribution >= 4 is 22.8 Å². The third-order valence-corrected chi connectivity index (χ3v) is 3.96. The highest BCUT2D eigenvalue weighted by molar-refractivity contribution is 6.28. The van der Waals surface area contributed by atoms with Crippen LogP contribution in [-0.2, 0) is 0 Å². The molecule has 1 aliphatic rings. The van der Waals surface area contributed by atoms with E-state index in [9.17, 15) is 0 Å². The Kier molecular flexibility index (Phi) is 3.09. The van der Waals surface area contributed by atoms with Crippen LogP contribution in [0, 0.1) is 5.41 Å². The molecule has 0 radical (unpaired) electrons. The van der Waals surface area contributed by atoms with E-state index in [0.717, 1.165) is 12.8 Å². The molecule has 1 saturated carbocycles. The second-order valence-corrected chi connectivity index (χ2v) is 6.22. The van der Waals surface area contributed by atoms with Crippen molar-refractivity contribution in [1.29, 1.82) is 0 Å². The number of hydrogen-bond acceptors (Lipinski definition) is 4. The van der Waals surface area contributed by atoms with Crippen molar-refractivity contribution in [1.82, 2.24) is 19.9 Å². The van der Waals surface area contributed by atoms with Crippen molar-refractivity contribution < 1.29 is 4.74 Å². The summed E-state index contributed by atoms with van der Waals surface area (Å²) in [5.41, 5.74) is 1.69. The molecule has 1 N–H and O–H groups in total. The molecule has 19 heavy (non-hydrogen) atoms. The number of nitrogens with zero attached hydrogens (tertiary/aromatic N) is 3. The number of ether oxygens (including phenoxy) is 1. The van der Waals surface area contributed by atoms with E-state index in [1.165, 1.54) is 12.8 Å². The average Bonchev–Trinajstić information content (AvgIpc) is 2.80. The summed E-state index contributed by atoms with van der Waals surface area (Å²) in [6, 6.07) is 0. The van der Waals surface area contributed by atoms with E-state index >= 15 is 0 Å².